The van der Waals surface area contributed by atoms with Crippen molar-refractivity contribution in [1.82, 2.24) is 24.5 Å². The molecule has 27 heavy (non-hydrogen) atoms. The van der Waals surface area contributed by atoms with Gasteiger partial charge >= 0.3 is 6.18 Å². The molecule has 0 aromatic carbocycles. The van der Waals surface area contributed by atoms with Crippen molar-refractivity contribution in [2.24, 2.45) is 0 Å². The van der Waals surface area contributed by atoms with Crippen LogP contribution in [0.3, 0.4) is 0 Å². The van der Waals surface area contributed by atoms with Gasteiger partial charge in [0.1, 0.15) is 5.69 Å². The van der Waals surface area contributed by atoms with Crippen LogP contribution in [0.15, 0.2) is 30.6 Å². The van der Waals surface area contributed by atoms with Crippen LogP contribution in [0.25, 0.3) is 5.65 Å². The number of hydrogen-bond donors (Lipinski definition) is 0. The van der Waals surface area contributed by atoms with Gasteiger partial charge in [0, 0.05) is 30.7 Å². The van der Waals surface area contributed by atoms with Crippen molar-refractivity contribution in [2.75, 3.05) is 6.54 Å². The van der Waals surface area contributed by atoms with Crippen molar-refractivity contribution in [2.45, 2.75) is 45.5 Å². The number of hydrogen-bond acceptors (Lipinski definition) is 4. The van der Waals surface area contributed by atoms with Gasteiger partial charge in [0.15, 0.2) is 5.65 Å². The highest BCUT2D eigenvalue weighted by Gasteiger charge is 2.36. The molecule has 0 radical (unpaired) electrons. The molecule has 0 saturated carbocycles. The second kappa shape index (κ2) is 6.60. The molecule has 4 rings (SSSR count). The molecule has 4 heterocycles. The maximum atomic E-state index is 13.4. The quantitative estimate of drug-likeness (QED) is 0.692. The normalized spacial score (nSPS) is 18.5. The van der Waals surface area contributed by atoms with Gasteiger partial charge in [-0.1, -0.05) is 0 Å². The Morgan fingerprint density at radius 1 is 1.22 bits per heavy atom. The van der Waals surface area contributed by atoms with Gasteiger partial charge in [-0.2, -0.15) is 18.3 Å². The van der Waals surface area contributed by atoms with Crippen LogP contribution in [0.5, 0.6) is 0 Å². The average molecular weight is 375 g/mol. The van der Waals surface area contributed by atoms with Crippen molar-refractivity contribution in [3.63, 3.8) is 0 Å². The van der Waals surface area contributed by atoms with Crippen LogP contribution in [0.1, 0.15) is 47.1 Å². The summed E-state index contributed by atoms with van der Waals surface area (Å²) in [4.78, 5) is 10.6. The molecule has 1 atom stereocenters. The molecule has 1 saturated heterocycles. The third-order valence-corrected chi connectivity index (χ3v) is 5.08. The monoisotopic (exact) mass is 375 g/mol. The summed E-state index contributed by atoms with van der Waals surface area (Å²) in [5.74, 6) is 0. The van der Waals surface area contributed by atoms with Crippen LogP contribution < -0.4 is 0 Å². The topological polar surface area (TPSA) is 46.3 Å². The first kappa shape index (κ1) is 17.9. The van der Waals surface area contributed by atoms with Crippen molar-refractivity contribution < 1.29 is 13.2 Å². The second-order valence-corrected chi connectivity index (χ2v) is 7.05. The third-order valence-electron chi connectivity index (χ3n) is 5.08. The van der Waals surface area contributed by atoms with Gasteiger partial charge < -0.3 is 0 Å². The first-order valence-corrected chi connectivity index (χ1v) is 8.91. The Balaban J connectivity index is 1.70. The predicted molar refractivity (Wildman–Crippen MR) is 94.1 cm³/mol. The molecule has 1 aliphatic heterocycles. The second-order valence-electron chi connectivity index (χ2n) is 7.05. The molecule has 3 aromatic rings. The van der Waals surface area contributed by atoms with Gasteiger partial charge in [0.05, 0.1) is 11.7 Å². The smallest absolute Gasteiger partial charge is 0.290 e. The summed E-state index contributed by atoms with van der Waals surface area (Å²) >= 11 is 0. The Morgan fingerprint density at radius 3 is 2.78 bits per heavy atom. The molecule has 0 N–H and O–H groups in total. The van der Waals surface area contributed by atoms with Gasteiger partial charge in [-0.3, -0.25) is 9.88 Å². The molecule has 0 spiro atoms. The minimum absolute atomic E-state index is 0.0133. The standard InChI is InChI=1S/C19H20F3N5/c1-12-10-23-6-5-14(12)11-26-7-3-4-16(26)15-9-18-24-13(2)8-17(19(20,21)22)27(18)25-15/h5-6,8-10,16H,3-4,7,11H2,1-2H3/t16-/m0/s1. The molecule has 3 aromatic heterocycles. The Kier molecular flexibility index (Phi) is 4.38. The molecule has 0 amide bonds. The number of rotatable bonds is 3. The summed E-state index contributed by atoms with van der Waals surface area (Å²) in [6.07, 6.45) is 0.975. The first-order valence-electron chi connectivity index (χ1n) is 8.91. The lowest BCUT2D eigenvalue weighted by molar-refractivity contribution is -0.142. The third kappa shape index (κ3) is 3.41. The average Bonchev–Trinajstić information content (AvgIpc) is 3.21. The van der Waals surface area contributed by atoms with Crippen LogP contribution in [0.4, 0.5) is 13.2 Å². The highest BCUT2D eigenvalue weighted by molar-refractivity contribution is 5.43. The van der Waals surface area contributed by atoms with E-state index in [1.54, 1.807) is 19.2 Å². The lowest BCUT2D eigenvalue weighted by Gasteiger charge is -2.23. The number of nitrogens with zero attached hydrogens (tertiary/aromatic N) is 5. The van der Waals surface area contributed by atoms with Crippen molar-refractivity contribution in [3.8, 4) is 0 Å². The minimum atomic E-state index is -4.47. The van der Waals surface area contributed by atoms with E-state index in [2.05, 4.69) is 20.0 Å². The fourth-order valence-corrected chi connectivity index (χ4v) is 3.73. The molecule has 142 valence electrons. The van der Waals surface area contributed by atoms with Crippen molar-refractivity contribution in [3.05, 3.63) is 58.8 Å². The molecule has 5 nitrogen and oxygen atoms in total. The van der Waals surface area contributed by atoms with Crippen LogP contribution in [0.2, 0.25) is 0 Å². The van der Waals surface area contributed by atoms with E-state index in [9.17, 15) is 13.2 Å². The summed E-state index contributed by atoms with van der Waals surface area (Å²) in [5, 5.41) is 4.30. The van der Waals surface area contributed by atoms with Crippen LogP contribution in [-0.4, -0.2) is 31.0 Å². The number of fused-ring (bicyclic) bond motifs is 1. The number of likely N-dealkylation sites (tertiary alicyclic amines) is 1. The SMILES string of the molecule is Cc1cc(C(F)(F)F)n2nc([C@@H]3CCCN3Cc3ccncc3C)cc2n1. The first-order chi connectivity index (χ1) is 12.8. The van der Waals surface area contributed by atoms with Gasteiger partial charge in [-0.05, 0) is 56.5 Å². The largest absolute Gasteiger partial charge is 0.433 e. The number of pyridine rings is 1. The summed E-state index contributed by atoms with van der Waals surface area (Å²) in [6, 6.07) is 4.70. The maximum Gasteiger partial charge on any atom is 0.433 e. The lowest BCUT2D eigenvalue weighted by atomic mass is 10.1. The summed E-state index contributed by atoms with van der Waals surface area (Å²) in [5.41, 5.74) is 2.70. The molecule has 1 aliphatic rings. The maximum absolute atomic E-state index is 13.4. The zero-order valence-corrected chi connectivity index (χ0v) is 15.2. The van der Waals surface area contributed by atoms with Gasteiger partial charge in [-0.25, -0.2) is 9.50 Å². The van der Waals surface area contributed by atoms with Crippen molar-refractivity contribution >= 4 is 5.65 Å². The number of aryl methyl sites for hydroxylation is 2. The molecule has 0 unspecified atom stereocenters. The zero-order chi connectivity index (χ0) is 19.2. The highest BCUT2D eigenvalue weighted by atomic mass is 19.4. The van der Waals surface area contributed by atoms with Crippen LogP contribution in [0, 0.1) is 13.8 Å². The fraction of sp³-hybridized carbons (Fsp3) is 0.421. The van der Waals surface area contributed by atoms with E-state index in [4.69, 9.17) is 0 Å². The van der Waals surface area contributed by atoms with E-state index in [1.807, 2.05) is 19.2 Å². The van der Waals surface area contributed by atoms with Gasteiger partial charge in [-0.15, -0.1) is 0 Å². The summed E-state index contributed by atoms with van der Waals surface area (Å²) in [6.45, 7) is 5.20. The molecule has 8 heteroatoms. The molecule has 0 aliphatic carbocycles. The molecular formula is C19H20F3N5. The van der Waals surface area contributed by atoms with E-state index < -0.39 is 11.9 Å². The molecular weight excluding hydrogens is 355 g/mol. The highest BCUT2D eigenvalue weighted by Crippen LogP contribution is 2.35. The Labute approximate surface area is 154 Å². The minimum Gasteiger partial charge on any atom is -0.290 e. The van der Waals surface area contributed by atoms with E-state index >= 15 is 0 Å². The summed E-state index contributed by atoms with van der Waals surface area (Å²) < 4.78 is 41.1. The number of halogens is 3. The van der Waals surface area contributed by atoms with E-state index in [0.29, 0.717) is 11.4 Å². The Bertz CT molecular complexity index is 979. The lowest BCUT2D eigenvalue weighted by Crippen LogP contribution is -2.23. The van der Waals surface area contributed by atoms with Crippen LogP contribution >= 0.6 is 0 Å². The number of alkyl halides is 3. The fourth-order valence-electron chi connectivity index (χ4n) is 3.73. The van der Waals surface area contributed by atoms with E-state index in [0.717, 1.165) is 42.1 Å². The van der Waals surface area contributed by atoms with E-state index in [-0.39, 0.29) is 11.7 Å². The predicted octanol–water partition coefficient (Wildman–Crippen LogP) is 4.10. The molecule has 0 bridgehead atoms. The zero-order valence-electron chi connectivity index (χ0n) is 15.2. The van der Waals surface area contributed by atoms with Crippen molar-refractivity contribution in [1.29, 1.82) is 0 Å². The number of aromatic nitrogens is 4. The van der Waals surface area contributed by atoms with E-state index in [1.165, 1.54) is 5.56 Å². The Morgan fingerprint density at radius 2 is 2.04 bits per heavy atom. The van der Waals surface area contributed by atoms with Gasteiger partial charge in [0.25, 0.3) is 0 Å². The van der Waals surface area contributed by atoms with Gasteiger partial charge in [0.2, 0.25) is 0 Å². The van der Waals surface area contributed by atoms with Crippen LogP contribution in [-0.2, 0) is 12.7 Å². The molecule has 1 fully saturated rings. The Hall–Kier alpha value is -2.48. The summed E-state index contributed by atoms with van der Waals surface area (Å²) in [7, 11) is 0.